The maximum absolute atomic E-state index is 12.5. The summed E-state index contributed by atoms with van der Waals surface area (Å²) in [6, 6.07) is 19.7. The van der Waals surface area contributed by atoms with Gasteiger partial charge >= 0.3 is 0 Å². The lowest BCUT2D eigenvalue weighted by atomic mass is 10.2. The zero-order valence-corrected chi connectivity index (χ0v) is 17.2. The monoisotopic (exact) mass is 454 g/mol. The Bertz CT molecular complexity index is 1020. The fraction of sp³-hybridized carbons (Fsp3) is 0.0909. The summed E-state index contributed by atoms with van der Waals surface area (Å²) in [7, 11) is 1.46. The highest BCUT2D eigenvalue weighted by Gasteiger charge is 2.12. The number of nitrogens with zero attached hydrogens (tertiary/aromatic N) is 1. The molecule has 0 unspecified atom stereocenters. The van der Waals surface area contributed by atoms with Crippen molar-refractivity contribution in [1.29, 1.82) is 0 Å². The van der Waals surface area contributed by atoms with E-state index in [0.29, 0.717) is 29.2 Å². The number of nitrogens with one attached hydrogen (secondary N) is 1. The first-order valence-electron chi connectivity index (χ1n) is 8.74. The van der Waals surface area contributed by atoms with Crippen LogP contribution in [0.4, 0.5) is 0 Å². The number of rotatable bonds is 7. The van der Waals surface area contributed by atoms with Crippen LogP contribution in [0.1, 0.15) is 21.5 Å². The number of hydrogen-bond acceptors (Lipinski definition) is 5. The molecule has 2 N–H and O–H groups in total. The maximum atomic E-state index is 12.5. The van der Waals surface area contributed by atoms with Crippen molar-refractivity contribution in [2.45, 2.75) is 6.61 Å². The minimum atomic E-state index is -0.421. The van der Waals surface area contributed by atoms with Gasteiger partial charge in [-0.25, -0.2) is 5.43 Å². The van der Waals surface area contributed by atoms with Crippen LogP contribution in [0.5, 0.6) is 17.2 Å². The highest BCUT2D eigenvalue weighted by atomic mass is 79.9. The summed E-state index contributed by atoms with van der Waals surface area (Å²) >= 11 is 3.40. The van der Waals surface area contributed by atoms with Crippen LogP contribution in [0.15, 0.2) is 76.3 Å². The number of methoxy groups -OCH3 is 1. The smallest absolute Gasteiger partial charge is 0.275 e. The number of amides is 1. The van der Waals surface area contributed by atoms with E-state index < -0.39 is 5.91 Å². The average molecular weight is 455 g/mol. The second-order valence-corrected chi connectivity index (χ2v) is 6.92. The number of halogens is 1. The van der Waals surface area contributed by atoms with Gasteiger partial charge in [0.2, 0.25) is 0 Å². The van der Waals surface area contributed by atoms with Crippen molar-refractivity contribution in [3.05, 3.63) is 87.9 Å². The van der Waals surface area contributed by atoms with E-state index in [9.17, 15) is 9.90 Å². The van der Waals surface area contributed by atoms with Crippen LogP contribution in [-0.4, -0.2) is 24.3 Å². The highest BCUT2D eigenvalue weighted by Crippen LogP contribution is 2.28. The Labute approximate surface area is 176 Å². The molecular weight excluding hydrogens is 436 g/mol. The van der Waals surface area contributed by atoms with Crippen molar-refractivity contribution >= 4 is 28.1 Å². The van der Waals surface area contributed by atoms with E-state index in [1.54, 1.807) is 42.5 Å². The number of phenols is 1. The molecule has 0 aromatic heterocycles. The third-order valence-electron chi connectivity index (χ3n) is 4.06. The minimum absolute atomic E-state index is 0.0498. The summed E-state index contributed by atoms with van der Waals surface area (Å²) < 4.78 is 11.9. The van der Waals surface area contributed by atoms with Gasteiger partial charge in [0.15, 0.2) is 11.5 Å². The van der Waals surface area contributed by atoms with E-state index in [1.807, 2.05) is 24.3 Å². The molecule has 0 fully saturated rings. The average Bonchev–Trinajstić information content (AvgIpc) is 2.74. The van der Waals surface area contributed by atoms with Crippen molar-refractivity contribution in [3.63, 3.8) is 0 Å². The van der Waals surface area contributed by atoms with Gasteiger partial charge in [0.25, 0.3) is 5.91 Å². The number of carbonyl (C=O) groups excluding carboxylic acids is 1. The SMILES string of the molecule is COc1cccc(/C=N\NC(=O)c2ccccc2OCc2ccc(Br)cc2)c1O. The summed E-state index contributed by atoms with van der Waals surface area (Å²) in [6.07, 6.45) is 1.35. The van der Waals surface area contributed by atoms with Crippen LogP contribution in [0.3, 0.4) is 0 Å². The summed E-state index contributed by atoms with van der Waals surface area (Å²) in [4.78, 5) is 12.5. The molecule has 0 aliphatic carbocycles. The van der Waals surface area contributed by atoms with Crippen LogP contribution in [0, 0.1) is 0 Å². The molecule has 0 radical (unpaired) electrons. The van der Waals surface area contributed by atoms with Crippen molar-refractivity contribution in [2.75, 3.05) is 7.11 Å². The maximum Gasteiger partial charge on any atom is 0.275 e. The second kappa shape index (κ2) is 9.75. The predicted molar refractivity (Wildman–Crippen MR) is 115 cm³/mol. The lowest BCUT2D eigenvalue weighted by Gasteiger charge is -2.10. The van der Waals surface area contributed by atoms with Crippen molar-refractivity contribution in [2.24, 2.45) is 5.10 Å². The Hall–Kier alpha value is -3.32. The Morgan fingerprint density at radius 1 is 1.07 bits per heavy atom. The van der Waals surface area contributed by atoms with Gasteiger partial charge in [-0.05, 0) is 42.0 Å². The largest absolute Gasteiger partial charge is 0.504 e. The highest BCUT2D eigenvalue weighted by molar-refractivity contribution is 9.10. The number of hydrazone groups is 1. The number of benzene rings is 3. The van der Waals surface area contributed by atoms with Gasteiger partial charge in [-0.2, -0.15) is 5.10 Å². The fourth-order valence-electron chi connectivity index (χ4n) is 2.55. The lowest BCUT2D eigenvalue weighted by molar-refractivity contribution is 0.0950. The molecule has 0 atom stereocenters. The first kappa shape index (κ1) is 20.4. The van der Waals surface area contributed by atoms with Crippen LogP contribution >= 0.6 is 15.9 Å². The molecule has 0 heterocycles. The molecule has 0 saturated heterocycles. The molecule has 0 spiro atoms. The Kier molecular flexibility index (Phi) is 6.86. The Morgan fingerprint density at radius 3 is 2.55 bits per heavy atom. The first-order chi connectivity index (χ1) is 14.1. The first-order valence-corrected chi connectivity index (χ1v) is 9.53. The molecule has 0 aliphatic heterocycles. The molecule has 0 saturated carbocycles. The number of ether oxygens (including phenoxy) is 2. The molecular formula is C22H19BrN2O4. The van der Waals surface area contributed by atoms with Gasteiger partial charge in [0.05, 0.1) is 18.9 Å². The second-order valence-electron chi connectivity index (χ2n) is 6.01. The molecule has 148 valence electrons. The number of phenolic OH excluding ortho intramolecular Hbond substituents is 1. The van der Waals surface area contributed by atoms with Crippen LogP contribution in [0.2, 0.25) is 0 Å². The number of hydrogen-bond donors (Lipinski definition) is 2. The standard InChI is InChI=1S/C22H19BrN2O4/c1-28-20-8-4-5-16(21(20)26)13-24-25-22(27)18-6-2-3-7-19(18)29-14-15-9-11-17(23)12-10-15/h2-13,26H,14H2,1H3,(H,25,27)/b24-13-. The van der Waals surface area contributed by atoms with E-state index in [0.717, 1.165) is 10.0 Å². The lowest BCUT2D eigenvalue weighted by Crippen LogP contribution is -2.18. The molecule has 6 nitrogen and oxygen atoms in total. The van der Waals surface area contributed by atoms with E-state index in [4.69, 9.17) is 9.47 Å². The number of carbonyl (C=O) groups is 1. The molecule has 29 heavy (non-hydrogen) atoms. The fourth-order valence-corrected chi connectivity index (χ4v) is 2.82. The predicted octanol–water partition coefficient (Wildman–Crippen LogP) is 4.51. The molecule has 1 amide bonds. The van der Waals surface area contributed by atoms with E-state index in [1.165, 1.54) is 13.3 Å². The van der Waals surface area contributed by atoms with Crippen LogP contribution < -0.4 is 14.9 Å². The summed E-state index contributed by atoms with van der Waals surface area (Å²) in [5.41, 5.74) is 4.21. The van der Waals surface area contributed by atoms with Crippen LogP contribution in [0.25, 0.3) is 0 Å². The normalized spacial score (nSPS) is 10.7. The topological polar surface area (TPSA) is 80.2 Å². The van der Waals surface area contributed by atoms with Gasteiger partial charge < -0.3 is 14.6 Å². The van der Waals surface area contributed by atoms with Crippen LogP contribution in [-0.2, 0) is 6.61 Å². The Balaban J connectivity index is 1.67. The quantitative estimate of drug-likeness (QED) is 0.406. The Morgan fingerprint density at radius 2 is 1.79 bits per heavy atom. The molecule has 3 rings (SSSR count). The van der Waals surface area contributed by atoms with Gasteiger partial charge in [0, 0.05) is 10.0 Å². The molecule has 7 heteroatoms. The zero-order valence-electron chi connectivity index (χ0n) is 15.6. The van der Waals surface area contributed by atoms with E-state index >= 15 is 0 Å². The summed E-state index contributed by atoms with van der Waals surface area (Å²) in [5, 5.41) is 14.0. The van der Waals surface area contributed by atoms with E-state index in [2.05, 4.69) is 26.5 Å². The third kappa shape index (κ3) is 5.36. The third-order valence-corrected chi connectivity index (χ3v) is 4.59. The summed E-state index contributed by atoms with van der Waals surface area (Å²) in [6.45, 7) is 0.332. The minimum Gasteiger partial charge on any atom is -0.504 e. The zero-order chi connectivity index (χ0) is 20.6. The number of para-hydroxylation sites is 2. The van der Waals surface area contributed by atoms with Gasteiger partial charge in [0.1, 0.15) is 12.4 Å². The summed E-state index contributed by atoms with van der Waals surface area (Å²) in [5.74, 6) is 0.306. The van der Waals surface area contributed by atoms with Crippen molar-refractivity contribution in [1.82, 2.24) is 5.43 Å². The van der Waals surface area contributed by atoms with Gasteiger partial charge in [-0.1, -0.05) is 46.3 Å². The molecule has 0 bridgehead atoms. The van der Waals surface area contributed by atoms with E-state index in [-0.39, 0.29) is 5.75 Å². The molecule has 3 aromatic rings. The molecule has 0 aliphatic rings. The van der Waals surface area contributed by atoms with Crippen molar-refractivity contribution in [3.8, 4) is 17.2 Å². The molecule has 3 aromatic carbocycles. The number of aromatic hydroxyl groups is 1. The van der Waals surface area contributed by atoms with Gasteiger partial charge in [-0.15, -0.1) is 0 Å². The van der Waals surface area contributed by atoms with Crippen molar-refractivity contribution < 1.29 is 19.4 Å². The van der Waals surface area contributed by atoms with Gasteiger partial charge in [-0.3, -0.25) is 4.79 Å².